The van der Waals surface area contributed by atoms with E-state index in [1.165, 1.54) is 0 Å². The molecule has 4 rings (SSSR count). The molecule has 0 N–H and O–H groups in total. The second kappa shape index (κ2) is 10.2. The fourth-order valence-corrected chi connectivity index (χ4v) is 4.29. The number of amides is 1. The summed E-state index contributed by atoms with van der Waals surface area (Å²) in [5.41, 5.74) is 1.80. The molecule has 1 amide bonds. The number of methoxy groups -OCH3 is 3. The fraction of sp³-hybridized carbons (Fsp3) is 0.375. The molecule has 0 aliphatic carbocycles. The maximum Gasteiger partial charge on any atom is 0.246 e. The van der Waals surface area contributed by atoms with Gasteiger partial charge in [-0.1, -0.05) is 17.7 Å². The predicted octanol–water partition coefficient (Wildman–Crippen LogP) is 3.45. The average molecular weight is 475 g/mol. The molecule has 33 heavy (non-hydrogen) atoms. The van der Waals surface area contributed by atoms with E-state index in [9.17, 15) is 4.79 Å². The van der Waals surface area contributed by atoms with Gasteiger partial charge in [0.05, 0.1) is 26.4 Å². The van der Waals surface area contributed by atoms with Crippen molar-refractivity contribution in [1.29, 1.82) is 0 Å². The Morgan fingerprint density at radius 3 is 2.48 bits per heavy atom. The molecule has 2 aromatic rings. The zero-order chi connectivity index (χ0) is 23.4. The van der Waals surface area contributed by atoms with Crippen molar-refractivity contribution in [3.05, 3.63) is 46.5 Å². The molecule has 2 aliphatic rings. The van der Waals surface area contributed by atoms with Gasteiger partial charge in [0.25, 0.3) is 0 Å². The van der Waals surface area contributed by atoms with Gasteiger partial charge >= 0.3 is 0 Å². The van der Waals surface area contributed by atoms with Gasteiger partial charge in [-0.05, 0) is 29.8 Å². The summed E-state index contributed by atoms with van der Waals surface area (Å²) >= 11 is 6.22. The largest absolute Gasteiger partial charge is 0.493 e. The Bertz CT molecular complexity index is 1050. The number of hydrogen-bond donors (Lipinski definition) is 0. The van der Waals surface area contributed by atoms with Gasteiger partial charge < -0.3 is 28.6 Å². The molecule has 0 saturated carbocycles. The summed E-state index contributed by atoms with van der Waals surface area (Å²) in [7, 11) is 4.82. The minimum Gasteiger partial charge on any atom is -0.493 e. The summed E-state index contributed by atoms with van der Waals surface area (Å²) in [6, 6.07) is 7.43. The number of carbonyl (C=O) groups excluding carboxylic acids is 1. The van der Waals surface area contributed by atoms with Crippen molar-refractivity contribution in [3.8, 4) is 28.7 Å². The highest BCUT2D eigenvalue weighted by Gasteiger charge is 2.23. The van der Waals surface area contributed by atoms with Crippen molar-refractivity contribution in [2.75, 3.05) is 54.3 Å². The molecule has 2 heterocycles. The van der Waals surface area contributed by atoms with Crippen LogP contribution in [0.5, 0.6) is 28.7 Å². The third-order valence-electron chi connectivity index (χ3n) is 5.73. The third-order valence-corrected chi connectivity index (χ3v) is 6.01. The SMILES string of the molecule is COc1ccc(CN2CCN(C(=O)/C=C/c3cc(Cl)c4c(c3)OCO4)CC2)c(OC)c1OC. The normalized spacial score (nSPS) is 15.7. The summed E-state index contributed by atoms with van der Waals surface area (Å²) in [6.07, 6.45) is 3.32. The summed E-state index contributed by atoms with van der Waals surface area (Å²) in [5.74, 6) is 2.98. The first-order chi connectivity index (χ1) is 16.0. The summed E-state index contributed by atoms with van der Waals surface area (Å²) in [6.45, 7) is 3.64. The molecule has 0 atom stereocenters. The van der Waals surface area contributed by atoms with Crippen LogP contribution in [-0.2, 0) is 11.3 Å². The minimum atomic E-state index is -0.0351. The highest BCUT2D eigenvalue weighted by molar-refractivity contribution is 6.32. The van der Waals surface area contributed by atoms with Crippen LogP contribution in [0.1, 0.15) is 11.1 Å². The maximum absolute atomic E-state index is 12.7. The predicted molar refractivity (Wildman–Crippen MR) is 125 cm³/mol. The van der Waals surface area contributed by atoms with E-state index in [-0.39, 0.29) is 12.7 Å². The number of halogens is 1. The molecule has 2 aliphatic heterocycles. The van der Waals surface area contributed by atoms with Gasteiger partial charge in [0.2, 0.25) is 18.4 Å². The lowest BCUT2D eigenvalue weighted by molar-refractivity contribution is -0.127. The minimum absolute atomic E-state index is 0.0351. The Hall–Kier alpha value is -3.10. The van der Waals surface area contributed by atoms with Crippen molar-refractivity contribution in [1.82, 2.24) is 9.80 Å². The molecule has 0 aromatic heterocycles. The lowest BCUT2D eigenvalue weighted by atomic mass is 10.1. The van der Waals surface area contributed by atoms with E-state index in [4.69, 9.17) is 35.3 Å². The maximum atomic E-state index is 12.7. The first kappa shape index (κ1) is 23.1. The Kier molecular flexibility index (Phi) is 7.15. The second-order valence-corrected chi connectivity index (χ2v) is 8.07. The molecule has 0 unspecified atom stereocenters. The van der Waals surface area contributed by atoms with Crippen LogP contribution < -0.4 is 23.7 Å². The van der Waals surface area contributed by atoms with E-state index in [0.717, 1.165) is 24.2 Å². The zero-order valence-electron chi connectivity index (χ0n) is 18.9. The van der Waals surface area contributed by atoms with Gasteiger partial charge in [0.15, 0.2) is 23.0 Å². The Balaban J connectivity index is 1.35. The van der Waals surface area contributed by atoms with E-state index >= 15 is 0 Å². The molecule has 0 bridgehead atoms. The molecule has 176 valence electrons. The second-order valence-electron chi connectivity index (χ2n) is 7.66. The van der Waals surface area contributed by atoms with E-state index in [1.54, 1.807) is 39.5 Å². The fourth-order valence-electron chi connectivity index (χ4n) is 4.01. The number of rotatable bonds is 7. The van der Waals surface area contributed by atoms with Crippen LogP contribution in [0.4, 0.5) is 0 Å². The topological polar surface area (TPSA) is 69.7 Å². The molecule has 0 spiro atoms. The molecular weight excluding hydrogens is 448 g/mol. The number of piperazine rings is 1. The van der Waals surface area contributed by atoms with Crippen LogP contribution in [0.15, 0.2) is 30.3 Å². The van der Waals surface area contributed by atoms with Crippen molar-refractivity contribution in [2.45, 2.75) is 6.54 Å². The molecule has 9 heteroatoms. The van der Waals surface area contributed by atoms with Crippen LogP contribution >= 0.6 is 11.6 Å². The first-order valence-corrected chi connectivity index (χ1v) is 11.0. The molecule has 1 saturated heterocycles. The van der Waals surface area contributed by atoms with Gasteiger partial charge in [-0.15, -0.1) is 0 Å². The van der Waals surface area contributed by atoms with Crippen LogP contribution in [0.3, 0.4) is 0 Å². The average Bonchev–Trinajstić information content (AvgIpc) is 3.32. The smallest absolute Gasteiger partial charge is 0.246 e. The van der Waals surface area contributed by atoms with Crippen molar-refractivity contribution >= 4 is 23.6 Å². The quantitative estimate of drug-likeness (QED) is 0.569. The summed E-state index contributed by atoms with van der Waals surface area (Å²) in [5, 5.41) is 0.469. The van der Waals surface area contributed by atoms with Crippen LogP contribution in [0.25, 0.3) is 6.08 Å². The number of benzene rings is 2. The lowest BCUT2D eigenvalue weighted by Crippen LogP contribution is -2.47. The number of hydrogen-bond acceptors (Lipinski definition) is 7. The summed E-state index contributed by atoms with van der Waals surface area (Å²) < 4.78 is 27.1. The molecule has 0 radical (unpaired) electrons. The third kappa shape index (κ3) is 4.96. The molecule has 8 nitrogen and oxygen atoms in total. The molecule has 1 fully saturated rings. The lowest BCUT2D eigenvalue weighted by Gasteiger charge is -2.34. The highest BCUT2D eigenvalue weighted by Crippen LogP contribution is 2.41. The number of carbonyl (C=O) groups is 1. The van der Waals surface area contributed by atoms with Gasteiger partial charge in [-0.3, -0.25) is 9.69 Å². The molecule has 2 aromatic carbocycles. The Labute approximate surface area is 198 Å². The van der Waals surface area contributed by atoms with E-state index in [0.29, 0.717) is 53.4 Å². The monoisotopic (exact) mass is 474 g/mol. The first-order valence-electron chi connectivity index (χ1n) is 10.6. The van der Waals surface area contributed by atoms with E-state index in [1.807, 2.05) is 23.1 Å². The van der Waals surface area contributed by atoms with Crippen molar-refractivity contribution < 1.29 is 28.5 Å². The van der Waals surface area contributed by atoms with Gasteiger partial charge in [0, 0.05) is 44.4 Å². The van der Waals surface area contributed by atoms with Crippen LogP contribution in [-0.4, -0.2) is 70.0 Å². The van der Waals surface area contributed by atoms with Crippen LogP contribution in [0.2, 0.25) is 5.02 Å². The van der Waals surface area contributed by atoms with Gasteiger partial charge in [-0.2, -0.15) is 0 Å². The van der Waals surface area contributed by atoms with Crippen molar-refractivity contribution in [3.63, 3.8) is 0 Å². The number of nitrogens with zero attached hydrogens (tertiary/aromatic N) is 2. The zero-order valence-corrected chi connectivity index (χ0v) is 19.7. The highest BCUT2D eigenvalue weighted by atomic mass is 35.5. The van der Waals surface area contributed by atoms with Crippen molar-refractivity contribution in [2.24, 2.45) is 0 Å². The van der Waals surface area contributed by atoms with Gasteiger partial charge in [0.1, 0.15) is 0 Å². The number of fused-ring (bicyclic) bond motifs is 1. The van der Waals surface area contributed by atoms with Crippen LogP contribution in [0, 0.1) is 0 Å². The standard InChI is InChI=1S/C24H27ClN2O6/c1-29-19-6-5-17(22(30-2)24(19)31-3)14-26-8-10-27(11-9-26)21(28)7-4-16-12-18(25)23-20(13-16)32-15-33-23/h4-7,12-13H,8-11,14-15H2,1-3H3/b7-4+. The van der Waals surface area contributed by atoms with E-state index < -0.39 is 0 Å². The Morgan fingerprint density at radius 1 is 1.03 bits per heavy atom. The number of ether oxygens (including phenoxy) is 5. The van der Waals surface area contributed by atoms with E-state index in [2.05, 4.69) is 4.90 Å². The molecular formula is C24H27ClN2O6. The Morgan fingerprint density at radius 2 is 1.79 bits per heavy atom. The summed E-state index contributed by atoms with van der Waals surface area (Å²) in [4.78, 5) is 16.8. The van der Waals surface area contributed by atoms with Gasteiger partial charge in [-0.25, -0.2) is 0 Å².